The number of carbonyl (C=O) groups is 1. The predicted molar refractivity (Wildman–Crippen MR) is 42.3 cm³/mol. The van der Waals surface area contributed by atoms with Crippen molar-refractivity contribution in [2.75, 3.05) is 7.11 Å². The number of nitrogens with zero attached hydrogens (tertiary/aromatic N) is 1. The third-order valence-corrected chi connectivity index (χ3v) is 1.56. The lowest BCUT2D eigenvalue weighted by Crippen LogP contribution is -2.04. The second kappa shape index (κ2) is 3.40. The van der Waals surface area contributed by atoms with Crippen LogP contribution in [0.15, 0.2) is 12.3 Å². The molecule has 1 aromatic heterocycles. The Morgan fingerprint density at radius 2 is 2.42 bits per heavy atom. The second-order valence-electron chi connectivity index (χ2n) is 1.98. The Morgan fingerprint density at radius 3 is 3.00 bits per heavy atom. The van der Waals surface area contributed by atoms with Crippen LogP contribution < -0.4 is 0 Å². The molecule has 0 aliphatic heterocycles. The molecule has 1 N–H and O–H groups in total. The van der Waals surface area contributed by atoms with Gasteiger partial charge in [0.2, 0.25) is 0 Å². The van der Waals surface area contributed by atoms with E-state index < -0.39 is 5.97 Å². The molecule has 5 heteroatoms. The number of aromatic hydroxyl groups is 1. The molecule has 0 amide bonds. The topological polar surface area (TPSA) is 59.4 Å². The van der Waals surface area contributed by atoms with Crippen molar-refractivity contribution in [3.8, 4) is 5.75 Å². The highest BCUT2D eigenvalue weighted by Crippen LogP contribution is 2.25. The molecule has 1 aromatic rings. The van der Waals surface area contributed by atoms with Crippen molar-refractivity contribution in [3.05, 3.63) is 23.0 Å². The lowest BCUT2D eigenvalue weighted by Gasteiger charge is -2.01. The summed E-state index contributed by atoms with van der Waals surface area (Å²) >= 11 is 5.52. The third kappa shape index (κ3) is 1.48. The maximum atomic E-state index is 10.9. The van der Waals surface area contributed by atoms with E-state index in [2.05, 4.69) is 9.72 Å². The van der Waals surface area contributed by atoms with Crippen LogP contribution in [0, 0.1) is 0 Å². The Hall–Kier alpha value is -1.29. The van der Waals surface area contributed by atoms with E-state index in [0.717, 1.165) is 0 Å². The van der Waals surface area contributed by atoms with E-state index in [1.54, 1.807) is 0 Å². The van der Waals surface area contributed by atoms with Crippen molar-refractivity contribution in [1.29, 1.82) is 0 Å². The normalized spacial score (nSPS) is 9.50. The number of pyridine rings is 1. The fraction of sp³-hybridized carbons (Fsp3) is 0.143. The zero-order valence-corrected chi connectivity index (χ0v) is 7.00. The molecule has 64 valence electrons. The first-order valence-corrected chi connectivity index (χ1v) is 3.46. The summed E-state index contributed by atoms with van der Waals surface area (Å²) in [6.07, 6.45) is 1.31. The van der Waals surface area contributed by atoms with Gasteiger partial charge < -0.3 is 9.84 Å². The third-order valence-electron chi connectivity index (χ3n) is 1.25. The quantitative estimate of drug-likeness (QED) is 0.672. The molecule has 12 heavy (non-hydrogen) atoms. The number of aromatic nitrogens is 1. The Balaban J connectivity index is 3.16. The number of methoxy groups -OCH3 is 1. The number of hydrogen-bond acceptors (Lipinski definition) is 4. The number of halogens is 1. The van der Waals surface area contributed by atoms with E-state index in [-0.39, 0.29) is 16.5 Å². The number of rotatable bonds is 1. The Bertz CT molecular complexity index is 314. The summed E-state index contributed by atoms with van der Waals surface area (Å²) in [7, 11) is 1.20. The van der Waals surface area contributed by atoms with Gasteiger partial charge in [0.15, 0.2) is 11.4 Å². The van der Waals surface area contributed by atoms with Crippen LogP contribution >= 0.6 is 11.6 Å². The lowest BCUT2D eigenvalue weighted by molar-refractivity contribution is 0.0590. The highest BCUT2D eigenvalue weighted by Gasteiger charge is 2.14. The SMILES string of the molecule is COC(=O)c1nccc(Cl)c1O. The second-order valence-corrected chi connectivity index (χ2v) is 2.39. The molecular formula is C7H6ClNO3. The predicted octanol–water partition coefficient (Wildman–Crippen LogP) is 1.23. The number of esters is 1. The first-order chi connectivity index (χ1) is 5.66. The summed E-state index contributed by atoms with van der Waals surface area (Å²) in [6, 6.07) is 1.38. The van der Waals surface area contributed by atoms with E-state index in [1.807, 2.05) is 0 Å². The fourth-order valence-corrected chi connectivity index (χ4v) is 0.822. The molecule has 0 saturated heterocycles. The van der Waals surface area contributed by atoms with Crippen molar-refractivity contribution in [3.63, 3.8) is 0 Å². The maximum absolute atomic E-state index is 10.9. The molecule has 0 aliphatic rings. The molecule has 0 bridgehead atoms. The van der Waals surface area contributed by atoms with Crippen molar-refractivity contribution >= 4 is 17.6 Å². The molecule has 0 aromatic carbocycles. The van der Waals surface area contributed by atoms with E-state index in [9.17, 15) is 9.90 Å². The summed E-state index contributed by atoms with van der Waals surface area (Å²) in [4.78, 5) is 14.5. The van der Waals surface area contributed by atoms with Gasteiger partial charge in [-0.3, -0.25) is 0 Å². The molecule has 0 atom stereocenters. The molecule has 0 saturated carbocycles. The van der Waals surface area contributed by atoms with E-state index in [1.165, 1.54) is 19.4 Å². The first-order valence-electron chi connectivity index (χ1n) is 3.08. The highest BCUT2D eigenvalue weighted by molar-refractivity contribution is 6.32. The van der Waals surface area contributed by atoms with Crippen LogP contribution in [0.5, 0.6) is 5.75 Å². The van der Waals surface area contributed by atoms with E-state index >= 15 is 0 Å². The minimum absolute atomic E-state index is 0.0744. The number of ether oxygens (including phenoxy) is 1. The van der Waals surface area contributed by atoms with E-state index in [4.69, 9.17) is 11.6 Å². The Labute approximate surface area is 73.8 Å². The molecule has 0 radical (unpaired) electrons. The Morgan fingerprint density at radius 1 is 1.75 bits per heavy atom. The summed E-state index contributed by atoms with van der Waals surface area (Å²) < 4.78 is 4.35. The monoisotopic (exact) mass is 187 g/mol. The van der Waals surface area contributed by atoms with Crippen LogP contribution in [-0.4, -0.2) is 23.2 Å². The smallest absolute Gasteiger partial charge is 0.360 e. The number of hydrogen-bond donors (Lipinski definition) is 1. The van der Waals surface area contributed by atoms with Crippen LogP contribution in [-0.2, 0) is 4.74 Å². The molecule has 1 rings (SSSR count). The maximum Gasteiger partial charge on any atom is 0.360 e. The molecule has 0 aliphatic carbocycles. The summed E-state index contributed by atoms with van der Waals surface area (Å²) in [5.74, 6) is -1.07. The Kier molecular flexibility index (Phi) is 2.50. The van der Waals surface area contributed by atoms with Gasteiger partial charge in [-0.15, -0.1) is 0 Å². The van der Waals surface area contributed by atoms with Gasteiger partial charge in [0, 0.05) is 6.20 Å². The van der Waals surface area contributed by atoms with Gasteiger partial charge in [-0.25, -0.2) is 9.78 Å². The average molecular weight is 188 g/mol. The van der Waals surface area contributed by atoms with Crippen LogP contribution in [0.3, 0.4) is 0 Å². The molecule has 4 nitrogen and oxygen atoms in total. The highest BCUT2D eigenvalue weighted by atomic mass is 35.5. The average Bonchev–Trinajstić information content (AvgIpc) is 2.08. The van der Waals surface area contributed by atoms with Crippen molar-refractivity contribution < 1.29 is 14.6 Å². The van der Waals surface area contributed by atoms with Gasteiger partial charge in [-0.2, -0.15) is 0 Å². The van der Waals surface area contributed by atoms with Crippen LogP contribution in [0.4, 0.5) is 0 Å². The van der Waals surface area contributed by atoms with Crippen LogP contribution in [0.1, 0.15) is 10.5 Å². The van der Waals surface area contributed by atoms with Gasteiger partial charge in [0.1, 0.15) is 0 Å². The van der Waals surface area contributed by atoms with Crippen LogP contribution in [0.2, 0.25) is 5.02 Å². The van der Waals surface area contributed by atoms with Gasteiger partial charge in [-0.05, 0) is 6.07 Å². The zero-order valence-electron chi connectivity index (χ0n) is 6.24. The molecule has 0 unspecified atom stereocenters. The van der Waals surface area contributed by atoms with Gasteiger partial charge >= 0.3 is 5.97 Å². The standard InChI is InChI=1S/C7H6ClNO3/c1-12-7(11)5-6(10)4(8)2-3-9-5/h2-3,10H,1H3. The van der Waals surface area contributed by atoms with Gasteiger partial charge in [0.05, 0.1) is 12.1 Å². The van der Waals surface area contributed by atoms with Crippen molar-refractivity contribution in [1.82, 2.24) is 4.98 Å². The summed E-state index contributed by atoms with van der Waals surface area (Å²) in [6.45, 7) is 0. The zero-order chi connectivity index (χ0) is 9.14. The first kappa shape index (κ1) is 8.80. The molecular weight excluding hydrogens is 182 g/mol. The molecule has 0 spiro atoms. The summed E-state index contributed by atoms with van der Waals surface area (Å²) in [5, 5.41) is 9.28. The lowest BCUT2D eigenvalue weighted by atomic mass is 10.3. The number of carbonyl (C=O) groups excluding carboxylic acids is 1. The van der Waals surface area contributed by atoms with Crippen LogP contribution in [0.25, 0.3) is 0 Å². The van der Waals surface area contributed by atoms with Gasteiger partial charge in [-0.1, -0.05) is 11.6 Å². The summed E-state index contributed by atoms with van der Waals surface area (Å²) in [5.41, 5.74) is -0.176. The minimum atomic E-state index is -0.713. The molecule has 1 heterocycles. The molecule has 0 fully saturated rings. The van der Waals surface area contributed by atoms with Crippen molar-refractivity contribution in [2.45, 2.75) is 0 Å². The van der Waals surface area contributed by atoms with Gasteiger partial charge in [0.25, 0.3) is 0 Å². The van der Waals surface area contributed by atoms with E-state index in [0.29, 0.717) is 0 Å². The fourth-order valence-electron chi connectivity index (χ4n) is 0.676. The minimum Gasteiger partial charge on any atom is -0.504 e. The largest absolute Gasteiger partial charge is 0.504 e. The van der Waals surface area contributed by atoms with Crippen molar-refractivity contribution in [2.24, 2.45) is 0 Å².